The van der Waals surface area contributed by atoms with Crippen LogP contribution in [0, 0.1) is 0 Å². The van der Waals surface area contributed by atoms with Gasteiger partial charge in [-0.3, -0.25) is 0 Å². The lowest BCUT2D eigenvalue weighted by Gasteiger charge is -2.24. The number of benzene rings is 1. The third kappa shape index (κ3) is 4.48. The minimum absolute atomic E-state index is 0.163. The van der Waals surface area contributed by atoms with Gasteiger partial charge in [-0.25, -0.2) is 0 Å². The zero-order valence-electron chi connectivity index (χ0n) is 11.2. The summed E-state index contributed by atoms with van der Waals surface area (Å²) < 4.78 is 0. The van der Waals surface area contributed by atoms with E-state index >= 15 is 0 Å². The maximum absolute atomic E-state index is 9.08. The predicted molar refractivity (Wildman–Crippen MR) is 78.4 cm³/mol. The van der Waals surface area contributed by atoms with Gasteiger partial charge >= 0.3 is 0 Å². The first-order valence-electron chi connectivity index (χ1n) is 6.57. The van der Waals surface area contributed by atoms with Crippen LogP contribution in [0.25, 0.3) is 0 Å². The summed E-state index contributed by atoms with van der Waals surface area (Å²) in [5, 5.41) is 13.1. The fourth-order valence-corrected chi connectivity index (χ4v) is 2.14. The van der Waals surface area contributed by atoms with E-state index < -0.39 is 0 Å². The average molecular weight is 271 g/mol. The topological polar surface area (TPSA) is 35.5 Å². The largest absolute Gasteiger partial charge is 0.395 e. The van der Waals surface area contributed by atoms with Crippen LogP contribution < -0.4 is 10.2 Å². The molecule has 0 unspecified atom stereocenters. The predicted octanol–water partition coefficient (Wildman–Crippen LogP) is 2.66. The van der Waals surface area contributed by atoms with Crippen LogP contribution in [-0.2, 0) is 6.54 Å². The highest BCUT2D eigenvalue weighted by Gasteiger charge is 2.07. The Balaban J connectivity index is 2.79. The van der Waals surface area contributed by atoms with Gasteiger partial charge in [0.2, 0.25) is 0 Å². The van der Waals surface area contributed by atoms with Gasteiger partial charge in [0, 0.05) is 30.3 Å². The first kappa shape index (κ1) is 15.3. The Bertz CT molecular complexity index is 352. The van der Waals surface area contributed by atoms with Crippen molar-refractivity contribution in [3.8, 4) is 0 Å². The van der Waals surface area contributed by atoms with E-state index in [9.17, 15) is 0 Å². The summed E-state index contributed by atoms with van der Waals surface area (Å²) in [5.41, 5.74) is 2.19. The summed E-state index contributed by atoms with van der Waals surface area (Å²) in [4.78, 5) is 2.16. The number of nitrogens with zero attached hydrogens (tertiary/aromatic N) is 1. The van der Waals surface area contributed by atoms with E-state index in [0.717, 1.165) is 42.3 Å². The average Bonchev–Trinajstić information content (AvgIpc) is 2.37. The molecule has 2 N–H and O–H groups in total. The van der Waals surface area contributed by atoms with Crippen LogP contribution in [0.4, 0.5) is 5.69 Å². The molecule has 1 aromatic carbocycles. The Morgan fingerprint density at radius 3 is 2.61 bits per heavy atom. The van der Waals surface area contributed by atoms with Gasteiger partial charge in [-0.2, -0.15) is 0 Å². The number of hydrogen-bond acceptors (Lipinski definition) is 3. The summed E-state index contributed by atoms with van der Waals surface area (Å²) in [5.74, 6) is 0. The van der Waals surface area contributed by atoms with Crippen LogP contribution in [0.2, 0.25) is 5.02 Å². The molecule has 0 aliphatic rings. The van der Waals surface area contributed by atoms with Gasteiger partial charge in [0.1, 0.15) is 0 Å². The SMILES string of the molecule is CCCN(CCO)c1ccc(CNCC)c(Cl)c1. The van der Waals surface area contributed by atoms with Crippen LogP contribution in [0.5, 0.6) is 0 Å². The molecule has 0 aromatic heterocycles. The zero-order chi connectivity index (χ0) is 13.4. The second kappa shape index (κ2) is 8.35. The molecule has 4 heteroatoms. The molecule has 0 aliphatic carbocycles. The number of aliphatic hydroxyl groups excluding tert-OH is 1. The fraction of sp³-hybridized carbons (Fsp3) is 0.571. The second-order valence-electron chi connectivity index (χ2n) is 4.27. The Kier molecular flexibility index (Phi) is 7.09. The van der Waals surface area contributed by atoms with Crippen molar-refractivity contribution in [3.63, 3.8) is 0 Å². The first-order valence-corrected chi connectivity index (χ1v) is 6.95. The van der Waals surface area contributed by atoms with Crippen molar-refractivity contribution in [1.29, 1.82) is 0 Å². The Labute approximate surface area is 115 Å². The minimum Gasteiger partial charge on any atom is -0.395 e. The minimum atomic E-state index is 0.163. The van der Waals surface area contributed by atoms with Crippen molar-refractivity contribution >= 4 is 17.3 Å². The molecule has 0 saturated carbocycles. The number of nitrogens with one attached hydrogen (secondary N) is 1. The van der Waals surface area contributed by atoms with Gasteiger partial charge in [0.25, 0.3) is 0 Å². The van der Waals surface area contributed by atoms with E-state index in [1.165, 1.54) is 0 Å². The van der Waals surface area contributed by atoms with Crippen LogP contribution >= 0.6 is 11.6 Å². The molecule has 0 saturated heterocycles. The van der Waals surface area contributed by atoms with Crippen molar-refractivity contribution < 1.29 is 5.11 Å². The molecule has 1 rings (SSSR count). The van der Waals surface area contributed by atoms with Gasteiger partial charge in [-0.1, -0.05) is 31.5 Å². The normalized spacial score (nSPS) is 10.7. The van der Waals surface area contributed by atoms with Crippen LogP contribution in [-0.4, -0.2) is 31.3 Å². The lowest BCUT2D eigenvalue weighted by Crippen LogP contribution is -2.27. The standard InChI is InChI=1S/C14H23ClN2O/c1-3-7-17(8-9-18)13-6-5-12(11-16-4-2)14(15)10-13/h5-6,10,16,18H,3-4,7-9,11H2,1-2H3. The van der Waals surface area contributed by atoms with Gasteiger partial charge in [-0.05, 0) is 30.7 Å². The highest BCUT2D eigenvalue weighted by molar-refractivity contribution is 6.31. The maximum atomic E-state index is 9.08. The lowest BCUT2D eigenvalue weighted by molar-refractivity contribution is 0.302. The quantitative estimate of drug-likeness (QED) is 0.762. The molecule has 0 fully saturated rings. The highest BCUT2D eigenvalue weighted by atomic mass is 35.5. The molecule has 3 nitrogen and oxygen atoms in total. The van der Waals surface area contributed by atoms with Gasteiger partial charge in [0.05, 0.1) is 6.61 Å². The van der Waals surface area contributed by atoms with Gasteiger partial charge in [0.15, 0.2) is 0 Å². The molecule has 1 aromatic rings. The monoisotopic (exact) mass is 270 g/mol. The first-order chi connectivity index (χ1) is 8.72. The molecule has 18 heavy (non-hydrogen) atoms. The van der Waals surface area contributed by atoms with E-state index in [1.807, 2.05) is 6.07 Å². The van der Waals surface area contributed by atoms with Crippen molar-refractivity contribution in [1.82, 2.24) is 5.32 Å². The summed E-state index contributed by atoms with van der Waals surface area (Å²) in [7, 11) is 0. The molecule has 0 spiro atoms. The molecule has 0 amide bonds. The van der Waals surface area contributed by atoms with E-state index in [0.29, 0.717) is 6.54 Å². The molecule has 0 aliphatic heterocycles. The molecule has 0 radical (unpaired) electrons. The molecule has 0 atom stereocenters. The van der Waals surface area contributed by atoms with Crippen molar-refractivity contribution in [3.05, 3.63) is 28.8 Å². The van der Waals surface area contributed by atoms with E-state index in [1.54, 1.807) is 0 Å². The maximum Gasteiger partial charge on any atom is 0.0606 e. The van der Waals surface area contributed by atoms with Crippen LogP contribution in [0.15, 0.2) is 18.2 Å². The Morgan fingerprint density at radius 1 is 1.28 bits per heavy atom. The lowest BCUT2D eigenvalue weighted by atomic mass is 10.2. The zero-order valence-corrected chi connectivity index (χ0v) is 12.0. The summed E-state index contributed by atoms with van der Waals surface area (Å²) in [6.07, 6.45) is 1.05. The number of hydrogen-bond donors (Lipinski definition) is 2. The molecule has 0 heterocycles. The third-order valence-electron chi connectivity index (χ3n) is 2.83. The smallest absolute Gasteiger partial charge is 0.0606 e. The van der Waals surface area contributed by atoms with Crippen LogP contribution in [0.3, 0.4) is 0 Å². The number of rotatable bonds is 8. The van der Waals surface area contributed by atoms with Gasteiger partial charge in [-0.15, -0.1) is 0 Å². The number of anilines is 1. The molecule has 0 bridgehead atoms. The molecular formula is C14H23ClN2O. The fourth-order valence-electron chi connectivity index (χ4n) is 1.90. The van der Waals surface area contributed by atoms with E-state index in [-0.39, 0.29) is 6.61 Å². The van der Waals surface area contributed by atoms with E-state index in [4.69, 9.17) is 16.7 Å². The third-order valence-corrected chi connectivity index (χ3v) is 3.18. The summed E-state index contributed by atoms with van der Waals surface area (Å²) in [6, 6.07) is 6.11. The number of aliphatic hydroxyl groups is 1. The Morgan fingerprint density at radius 2 is 2.06 bits per heavy atom. The van der Waals surface area contributed by atoms with E-state index in [2.05, 4.69) is 36.2 Å². The second-order valence-corrected chi connectivity index (χ2v) is 4.67. The highest BCUT2D eigenvalue weighted by Crippen LogP contribution is 2.23. The molecular weight excluding hydrogens is 248 g/mol. The van der Waals surface area contributed by atoms with Gasteiger partial charge < -0.3 is 15.3 Å². The Hall–Kier alpha value is -0.770. The summed E-state index contributed by atoms with van der Waals surface area (Å²) >= 11 is 6.28. The van der Waals surface area contributed by atoms with Crippen molar-refractivity contribution in [2.45, 2.75) is 26.8 Å². The molecule has 102 valence electrons. The summed E-state index contributed by atoms with van der Waals surface area (Å²) in [6.45, 7) is 7.68. The van der Waals surface area contributed by atoms with Crippen molar-refractivity contribution in [2.75, 3.05) is 31.1 Å². The van der Waals surface area contributed by atoms with Crippen molar-refractivity contribution in [2.24, 2.45) is 0 Å². The number of halogens is 1. The van der Waals surface area contributed by atoms with Crippen LogP contribution in [0.1, 0.15) is 25.8 Å².